The van der Waals surface area contributed by atoms with Crippen molar-refractivity contribution >= 4 is 28.8 Å². The lowest BCUT2D eigenvalue weighted by Crippen LogP contribution is -2.23. The van der Waals surface area contributed by atoms with Crippen LogP contribution in [0.2, 0.25) is 0 Å². The van der Waals surface area contributed by atoms with E-state index in [0.29, 0.717) is 16.9 Å². The molecule has 0 atom stereocenters. The number of nitrogens with zero attached hydrogens (tertiary/aromatic N) is 2. The lowest BCUT2D eigenvalue weighted by atomic mass is 10.0. The molecule has 0 radical (unpaired) electrons. The minimum Gasteiger partial charge on any atom is -0.508 e. The van der Waals surface area contributed by atoms with Crippen LogP contribution in [0.5, 0.6) is 5.75 Å². The van der Waals surface area contributed by atoms with Gasteiger partial charge < -0.3 is 15.3 Å². The van der Waals surface area contributed by atoms with Crippen LogP contribution >= 0.6 is 0 Å². The lowest BCUT2D eigenvalue weighted by molar-refractivity contribution is -0.114. The van der Waals surface area contributed by atoms with E-state index in [1.54, 1.807) is 31.3 Å². The van der Waals surface area contributed by atoms with Gasteiger partial charge in [-0.05, 0) is 30.3 Å². The van der Waals surface area contributed by atoms with E-state index in [1.807, 2.05) is 6.07 Å². The van der Waals surface area contributed by atoms with Gasteiger partial charge in [0.2, 0.25) is 0 Å². The third-order valence-corrected chi connectivity index (χ3v) is 3.77. The Kier molecular flexibility index (Phi) is 3.76. The number of fused-ring (bicyclic) bond motifs is 1. The molecule has 2 amide bonds. The van der Waals surface area contributed by atoms with Crippen molar-refractivity contribution in [2.75, 3.05) is 17.3 Å². The van der Waals surface area contributed by atoms with E-state index in [2.05, 4.69) is 5.32 Å². The number of anilines is 2. The van der Waals surface area contributed by atoms with Crippen molar-refractivity contribution < 1.29 is 14.7 Å². The van der Waals surface area contributed by atoms with E-state index in [-0.39, 0.29) is 16.9 Å². The number of carbonyl (C=O) groups is 2. The third kappa shape index (κ3) is 2.48. The van der Waals surface area contributed by atoms with Crippen LogP contribution in [0.4, 0.5) is 11.4 Å². The maximum atomic E-state index is 12.5. The van der Waals surface area contributed by atoms with Crippen LogP contribution in [0.1, 0.15) is 5.56 Å². The molecule has 1 aliphatic heterocycles. The van der Waals surface area contributed by atoms with Crippen LogP contribution in [-0.2, 0) is 9.59 Å². The highest BCUT2D eigenvalue weighted by atomic mass is 16.3. The molecular formula is C18H13N3O3. The second-order valence-electron chi connectivity index (χ2n) is 5.24. The number of benzene rings is 2. The summed E-state index contributed by atoms with van der Waals surface area (Å²) in [5.41, 5.74) is 1.47. The highest BCUT2D eigenvalue weighted by Crippen LogP contribution is 2.37. The van der Waals surface area contributed by atoms with Crippen LogP contribution in [0.3, 0.4) is 0 Å². The summed E-state index contributed by atoms with van der Waals surface area (Å²) < 4.78 is 0. The van der Waals surface area contributed by atoms with Crippen molar-refractivity contribution in [2.24, 2.45) is 0 Å². The molecule has 0 fully saturated rings. The minimum absolute atomic E-state index is 0.0633. The highest BCUT2D eigenvalue weighted by molar-refractivity contribution is 6.37. The molecular weight excluding hydrogens is 306 g/mol. The summed E-state index contributed by atoms with van der Waals surface area (Å²) in [5, 5.41) is 21.3. The second-order valence-corrected chi connectivity index (χ2v) is 5.24. The van der Waals surface area contributed by atoms with Crippen LogP contribution < -0.4 is 10.2 Å². The zero-order chi connectivity index (χ0) is 17.3. The van der Waals surface area contributed by atoms with Crippen molar-refractivity contribution in [1.82, 2.24) is 0 Å². The fraction of sp³-hybridized carbons (Fsp3) is 0.0556. The topological polar surface area (TPSA) is 93.4 Å². The van der Waals surface area contributed by atoms with Crippen molar-refractivity contribution in [1.29, 1.82) is 5.26 Å². The fourth-order valence-electron chi connectivity index (χ4n) is 2.57. The van der Waals surface area contributed by atoms with Gasteiger partial charge in [0.15, 0.2) is 0 Å². The van der Waals surface area contributed by atoms with Gasteiger partial charge in [-0.1, -0.05) is 18.2 Å². The average molecular weight is 319 g/mol. The van der Waals surface area contributed by atoms with Crippen LogP contribution in [0.25, 0.3) is 5.57 Å². The number of carbonyl (C=O) groups excluding carboxylic acids is 2. The molecule has 0 saturated heterocycles. The Labute approximate surface area is 138 Å². The summed E-state index contributed by atoms with van der Waals surface area (Å²) in [4.78, 5) is 26.3. The Morgan fingerprint density at radius 3 is 2.50 bits per heavy atom. The second kappa shape index (κ2) is 5.89. The third-order valence-electron chi connectivity index (χ3n) is 3.77. The SMILES string of the molecule is CN1C(=O)C(=C(C#N)C(=O)Nc2ccc(O)cc2)c2ccccc21. The number of rotatable bonds is 2. The van der Waals surface area contributed by atoms with Crippen molar-refractivity contribution in [2.45, 2.75) is 0 Å². The van der Waals surface area contributed by atoms with Crippen molar-refractivity contribution in [3.8, 4) is 11.8 Å². The van der Waals surface area contributed by atoms with Gasteiger partial charge in [0.1, 0.15) is 17.4 Å². The van der Waals surface area contributed by atoms with Gasteiger partial charge in [-0.3, -0.25) is 9.59 Å². The average Bonchev–Trinajstić information content (AvgIpc) is 2.83. The lowest BCUT2D eigenvalue weighted by Gasteiger charge is -2.08. The van der Waals surface area contributed by atoms with Gasteiger partial charge in [0.05, 0.1) is 11.3 Å². The highest BCUT2D eigenvalue weighted by Gasteiger charge is 2.34. The molecule has 6 heteroatoms. The van der Waals surface area contributed by atoms with Crippen molar-refractivity contribution in [3.05, 3.63) is 59.7 Å². The first-order chi connectivity index (χ1) is 11.5. The number of nitrogens with one attached hydrogen (secondary N) is 1. The number of para-hydroxylation sites is 1. The quantitative estimate of drug-likeness (QED) is 0.504. The van der Waals surface area contributed by atoms with Gasteiger partial charge in [-0.25, -0.2) is 0 Å². The molecule has 6 nitrogen and oxygen atoms in total. The Morgan fingerprint density at radius 1 is 1.17 bits per heavy atom. The molecule has 3 rings (SSSR count). The smallest absolute Gasteiger partial charge is 0.267 e. The van der Waals surface area contributed by atoms with Crippen LogP contribution in [0.15, 0.2) is 54.1 Å². The molecule has 1 heterocycles. The van der Waals surface area contributed by atoms with Crippen molar-refractivity contribution in [3.63, 3.8) is 0 Å². The number of phenolic OH excluding ortho intramolecular Hbond substituents is 1. The summed E-state index contributed by atoms with van der Waals surface area (Å²) >= 11 is 0. The molecule has 0 aliphatic carbocycles. The first kappa shape index (κ1) is 15.3. The normalized spacial score (nSPS) is 14.8. The standard InChI is InChI=1S/C18H13N3O3/c1-21-15-5-3-2-4-13(15)16(18(21)24)14(10-19)17(23)20-11-6-8-12(22)9-7-11/h2-9,22H,1H3,(H,20,23). The molecule has 24 heavy (non-hydrogen) atoms. The molecule has 0 unspecified atom stereocenters. The molecule has 2 aromatic rings. The predicted octanol–water partition coefficient (Wildman–Crippen LogP) is 2.28. The monoisotopic (exact) mass is 319 g/mol. The fourth-order valence-corrected chi connectivity index (χ4v) is 2.57. The minimum atomic E-state index is -0.670. The zero-order valence-electron chi connectivity index (χ0n) is 12.8. The van der Waals surface area contributed by atoms with Gasteiger partial charge in [0, 0.05) is 18.3 Å². The first-order valence-electron chi connectivity index (χ1n) is 7.15. The van der Waals surface area contributed by atoms with Gasteiger partial charge in [-0.15, -0.1) is 0 Å². The Balaban J connectivity index is 2.03. The van der Waals surface area contributed by atoms with E-state index in [1.165, 1.54) is 29.2 Å². The summed E-state index contributed by atoms with van der Waals surface area (Å²) in [5.74, 6) is -1.00. The van der Waals surface area contributed by atoms with E-state index < -0.39 is 11.8 Å². The number of hydrogen-bond acceptors (Lipinski definition) is 4. The maximum Gasteiger partial charge on any atom is 0.267 e. The Hall–Kier alpha value is -3.59. The molecule has 1 aliphatic rings. The number of aromatic hydroxyl groups is 1. The largest absolute Gasteiger partial charge is 0.508 e. The number of nitriles is 1. The molecule has 0 saturated carbocycles. The van der Waals surface area contributed by atoms with E-state index >= 15 is 0 Å². The summed E-state index contributed by atoms with van der Waals surface area (Å²) in [6, 6.07) is 14.7. The van der Waals surface area contributed by atoms with Crippen LogP contribution in [-0.4, -0.2) is 24.0 Å². The van der Waals surface area contributed by atoms with E-state index in [9.17, 15) is 20.0 Å². The van der Waals surface area contributed by atoms with E-state index in [4.69, 9.17) is 0 Å². The first-order valence-corrected chi connectivity index (χ1v) is 7.15. The molecule has 0 aromatic heterocycles. The number of phenols is 1. The molecule has 0 bridgehead atoms. The summed E-state index contributed by atoms with van der Waals surface area (Å²) in [6.07, 6.45) is 0. The number of amides is 2. The van der Waals surface area contributed by atoms with Gasteiger partial charge in [-0.2, -0.15) is 5.26 Å². The Morgan fingerprint density at radius 2 is 1.83 bits per heavy atom. The zero-order valence-corrected chi connectivity index (χ0v) is 12.8. The Bertz CT molecular complexity index is 908. The molecule has 0 spiro atoms. The molecule has 2 aromatic carbocycles. The van der Waals surface area contributed by atoms with Gasteiger partial charge >= 0.3 is 0 Å². The summed E-state index contributed by atoms with van der Waals surface area (Å²) in [7, 11) is 1.60. The van der Waals surface area contributed by atoms with Gasteiger partial charge in [0.25, 0.3) is 11.8 Å². The summed E-state index contributed by atoms with van der Waals surface area (Å²) in [6.45, 7) is 0. The molecule has 118 valence electrons. The van der Waals surface area contributed by atoms with Crippen LogP contribution in [0, 0.1) is 11.3 Å². The molecule has 2 N–H and O–H groups in total. The number of hydrogen-bond donors (Lipinski definition) is 2. The maximum absolute atomic E-state index is 12.5. The van der Waals surface area contributed by atoms with E-state index in [0.717, 1.165) is 0 Å². The number of likely N-dealkylation sites (N-methyl/N-ethyl adjacent to an activating group) is 1. The predicted molar refractivity (Wildman–Crippen MR) is 89.1 cm³/mol.